The van der Waals surface area contributed by atoms with Crippen LogP contribution in [0.1, 0.15) is 20.3 Å². The lowest BCUT2D eigenvalue weighted by Gasteiger charge is -2.12. The second-order valence-electron chi connectivity index (χ2n) is 3.66. The molecule has 0 spiro atoms. The van der Waals surface area contributed by atoms with Gasteiger partial charge in [-0.25, -0.2) is 4.98 Å². The third-order valence-corrected chi connectivity index (χ3v) is 1.80. The highest BCUT2D eigenvalue weighted by Crippen LogP contribution is 2.04. The smallest absolute Gasteiger partial charge is 0.243 e. The van der Waals surface area contributed by atoms with Crippen LogP contribution >= 0.6 is 0 Å². The molecule has 1 rings (SSSR count). The van der Waals surface area contributed by atoms with Gasteiger partial charge < -0.3 is 10.7 Å². The summed E-state index contributed by atoms with van der Waals surface area (Å²) in [7, 11) is 0. The second-order valence-corrected chi connectivity index (χ2v) is 3.66. The number of anilines is 1. The van der Waals surface area contributed by atoms with Crippen LogP contribution < -0.4 is 11.1 Å². The number of nitrogens with one attached hydrogen (secondary N) is 2. The molecule has 0 radical (unpaired) electrons. The third-order valence-electron chi connectivity index (χ3n) is 1.80. The molecule has 0 saturated heterocycles. The Bertz CT molecular complexity index is 281. The normalized spacial score (nSPS) is 12.9. The van der Waals surface area contributed by atoms with Crippen LogP contribution in [0.15, 0.2) is 12.4 Å². The van der Waals surface area contributed by atoms with E-state index in [1.807, 2.05) is 13.8 Å². The van der Waals surface area contributed by atoms with Gasteiger partial charge in [-0.05, 0) is 12.3 Å². The van der Waals surface area contributed by atoms with E-state index in [-0.39, 0.29) is 5.91 Å². The van der Waals surface area contributed by atoms with Gasteiger partial charge in [0.25, 0.3) is 0 Å². The minimum Gasteiger partial charge on any atom is -0.331 e. The summed E-state index contributed by atoms with van der Waals surface area (Å²) in [4.78, 5) is 18.1. The zero-order chi connectivity index (χ0) is 10.6. The molecule has 0 fully saturated rings. The van der Waals surface area contributed by atoms with Crippen molar-refractivity contribution in [2.75, 3.05) is 5.32 Å². The Hall–Kier alpha value is -1.36. The Kier molecular flexibility index (Phi) is 3.64. The average Bonchev–Trinajstić information content (AvgIpc) is 2.55. The number of aromatic amines is 1. The predicted molar refractivity (Wildman–Crippen MR) is 54.6 cm³/mol. The highest BCUT2D eigenvalue weighted by molar-refractivity contribution is 5.93. The maximum atomic E-state index is 11.4. The number of amides is 1. The van der Waals surface area contributed by atoms with Crippen molar-refractivity contribution in [2.24, 2.45) is 11.7 Å². The first kappa shape index (κ1) is 10.7. The number of hydrogen-bond donors (Lipinski definition) is 3. The van der Waals surface area contributed by atoms with Crippen LogP contribution in [-0.4, -0.2) is 21.9 Å². The first-order chi connectivity index (χ1) is 6.59. The van der Waals surface area contributed by atoms with E-state index in [0.29, 0.717) is 18.3 Å². The van der Waals surface area contributed by atoms with Crippen molar-refractivity contribution < 1.29 is 4.79 Å². The van der Waals surface area contributed by atoms with Crippen molar-refractivity contribution in [1.29, 1.82) is 0 Å². The molecule has 14 heavy (non-hydrogen) atoms. The highest BCUT2D eigenvalue weighted by atomic mass is 16.2. The van der Waals surface area contributed by atoms with Crippen LogP contribution in [0.3, 0.4) is 0 Å². The first-order valence-corrected chi connectivity index (χ1v) is 4.65. The number of nitrogens with two attached hydrogens (primary N) is 1. The number of carbonyl (C=O) groups excluding carboxylic acids is 1. The van der Waals surface area contributed by atoms with Crippen molar-refractivity contribution in [1.82, 2.24) is 9.97 Å². The number of carbonyl (C=O) groups is 1. The van der Waals surface area contributed by atoms with Crippen molar-refractivity contribution >= 4 is 11.9 Å². The van der Waals surface area contributed by atoms with Crippen LogP contribution in [0.2, 0.25) is 0 Å². The average molecular weight is 196 g/mol. The lowest BCUT2D eigenvalue weighted by atomic mass is 10.0. The molecule has 0 aliphatic rings. The Morgan fingerprint density at radius 1 is 1.71 bits per heavy atom. The van der Waals surface area contributed by atoms with E-state index in [1.54, 1.807) is 12.4 Å². The molecule has 0 aliphatic carbocycles. The molecule has 0 bridgehead atoms. The number of H-pyrrole nitrogens is 1. The van der Waals surface area contributed by atoms with Crippen LogP contribution in [0.5, 0.6) is 0 Å². The molecule has 0 aliphatic heterocycles. The van der Waals surface area contributed by atoms with E-state index >= 15 is 0 Å². The number of aromatic nitrogens is 2. The fraction of sp³-hybridized carbons (Fsp3) is 0.556. The fourth-order valence-electron chi connectivity index (χ4n) is 1.16. The predicted octanol–water partition coefficient (Wildman–Crippen LogP) is 0.722. The van der Waals surface area contributed by atoms with Crippen molar-refractivity contribution in [3.8, 4) is 0 Å². The number of hydrogen-bond acceptors (Lipinski definition) is 3. The lowest BCUT2D eigenvalue weighted by Crippen LogP contribution is -2.36. The van der Waals surface area contributed by atoms with Gasteiger partial charge >= 0.3 is 0 Å². The van der Waals surface area contributed by atoms with Gasteiger partial charge in [-0.15, -0.1) is 0 Å². The van der Waals surface area contributed by atoms with Crippen LogP contribution in [0.4, 0.5) is 5.95 Å². The monoisotopic (exact) mass is 196 g/mol. The van der Waals surface area contributed by atoms with Crippen molar-refractivity contribution in [2.45, 2.75) is 26.3 Å². The summed E-state index contributed by atoms with van der Waals surface area (Å²) in [5.74, 6) is 0.648. The van der Waals surface area contributed by atoms with Crippen molar-refractivity contribution in [3.05, 3.63) is 12.4 Å². The van der Waals surface area contributed by atoms with Crippen LogP contribution in [-0.2, 0) is 4.79 Å². The molecule has 1 aromatic heterocycles. The van der Waals surface area contributed by atoms with Gasteiger partial charge in [-0.3, -0.25) is 10.1 Å². The Morgan fingerprint density at radius 3 is 2.93 bits per heavy atom. The maximum Gasteiger partial charge on any atom is 0.243 e. The molecule has 0 saturated carbocycles. The third kappa shape index (κ3) is 3.18. The van der Waals surface area contributed by atoms with E-state index in [0.717, 1.165) is 0 Å². The zero-order valence-electron chi connectivity index (χ0n) is 8.45. The summed E-state index contributed by atoms with van der Waals surface area (Å²) >= 11 is 0. The first-order valence-electron chi connectivity index (χ1n) is 4.65. The van der Waals surface area contributed by atoms with Gasteiger partial charge in [0.2, 0.25) is 11.9 Å². The molecule has 4 N–H and O–H groups in total. The molecular formula is C9H16N4O. The molecule has 5 heteroatoms. The standard InChI is InChI=1S/C9H16N4O/c1-6(2)5-7(10)8(14)13-9-11-3-4-12-9/h3-4,6-7H,5,10H2,1-2H3,(H2,11,12,13,14)/t7-/m1/s1. The van der Waals surface area contributed by atoms with Crippen LogP contribution in [0, 0.1) is 5.92 Å². The van der Waals surface area contributed by atoms with E-state index < -0.39 is 6.04 Å². The van der Waals surface area contributed by atoms with Gasteiger partial charge in [0, 0.05) is 12.4 Å². The SMILES string of the molecule is CC(C)C[C@@H](N)C(=O)Nc1ncc[nH]1. The van der Waals surface area contributed by atoms with Gasteiger partial charge in [-0.1, -0.05) is 13.8 Å². The largest absolute Gasteiger partial charge is 0.331 e. The number of imidazole rings is 1. The summed E-state index contributed by atoms with van der Waals surface area (Å²) in [5, 5.41) is 2.60. The summed E-state index contributed by atoms with van der Waals surface area (Å²) < 4.78 is 0. The van der Waals surface area contributed by atoms with Gasteiger partial charge in [-0.2, -0.15) is 0 Å². The quantitative estimate of drug-likeness (QED) is 0.663. The zero-order valence-corrected chi connectivity index (χ0v) is 8.45. The molecule has 78 valence electrons. The summed E-state index contributed by atoms with van der Waals surface area (Å²) in [5.41, 5.74) is 5.68. The number of nitrogens with zero attached hydrogens (tertiary/aromatic N) is 1. The molecule has 5 nitrogen and oxygen atoms in total. The van der Waals surface area contributed by atoms with Gasteiger partial charge in [0.15, 0.2) is 0 Å². The highest BCUT2D eigenvalue weighted by Gasteiger charge is 2.15. The molecule has 0 unspecified atom stereocenters. The van der Waals surface area contributed by atoms with E-state index in [9.17, 15) is 4.79 Å². The lowest BCUT2D eigenvalue weighted by molar-refractivity contribution is -0.117. The summed E-state index contributed by atoms with van der Waals surface area (Å²) in [6.07, 6.45) is 3.89. The molecule has 1 atom stereocenters. The second kappa shape index (κ2) is 4.76. The molecule has 1 heterocycles. The molecule has 1 amide bonds. The van der Waals surface area contributed by atoms with E-state index in [2.05, 4.69) is 15.3 Å². The van der Waals surface area contributed by atoms with E-state index in [4.69, 9.17) is 5.73 Å². The Morgan fingerprint density at radius 2 is 2.43 bits per heavy atom. The van der Waals surface area contributed by atoms with Crippen LogP contribution in [0.25, 0.3) is 0 Å². The minimum atomic E-state index is -0.472. The van der Waals surface area contributed by atoms with E-state index in [1.165, 1.54) is 0 Å². The summed E-state index contributed by atoms with van der Waals surface area (Å²) in [6, 6.07) is -0.472. The Labute approximate surface area is 83.1 Å². The fourth-order valence-corrected chi connectivity index (χ4v) is 1.16. The van der Waals surface area contributed by atoms with Gasteiger partial charge in [0.05, 0.1) is 6.04 Å². The molecule has 1 aromatic rings. The van der Waals surface area contributed by atoms with Gasteiger partial charge in [0.1, 0.15) is 0 Å². The Balaban J connectivity index is 2.42. The number of rotatable bonds is 4. The van der Waals surface area contributed by atoms with Crippen molar-refractivity contribution in [3.63, 3.8) is 0 Å². The molecule has 0 aromatic carbocycles. The minimum absolute atomic E-state index is 0.200. The maximum absolute atomic E-state index is 11.4. The topological polar surface area (TPSA) is 83.8 Å². The summed E-state index contributed by atoms with van der Waals surface area (Å²) in [6.45, 7) is 4.06. The molecular weight excluding hydrogens is 180 g/mol.